The third-order valence-corrected chi connectivity index (χ3v) is 3.53. The van der Waals surface area contributed by atoms with Crippen molar-refractivity contribution in [1.29, 1.82) is 0 Å². The lowest BCUT2D eigenvalue weighted by Gasteiger charge is -2.07. The van der Waals surface area contributed by atoms with Gasteiger partial charge in [-0.05, 0) is 45.8 Å². The first kappa shape index (κ1) is 12.9. The monoisotopic (exact) mass is 334 g/mol. The van der Waals surface area contributed by atoms with Gasteiger partial charge in [0.25, 0.3) is 5.91 Å². The molecule has 1 N–H and O–H groups in total. The summed E-state index contributed by atoms with van der Waals surface area (Å²) in [6.45, 7) is 0.657. The number of rotatable bonds is 3. The number of fused-ring (bicyclic) bond motifs is 1. The van der Waals surface area contributed by atoms with E-state index in [1.54, 1.807) is 18.3 Å². The number of aromatic nitrogens is 1. The molecular formula is C14H11BrN2O3. The highest BCUT2D eigenvalue weighted by Gasteiger charge is 2.14. The quantitative estimate of drug-likeness (QED) is 0.876. The Morgan fingerprint density at radius 2 is 2.15 bits per heavy atom. The molecular weight excluding hydrogens is 324 g/mol. The molecule has 0 unspecified atom stereocenters. The Kier molecular flexibility index (Phi) is 3.56. The van der Waals surface area contributed by atoms with Gasteiger partial charge in [-0.3, -0.25) is 4.79 Å². The van der Waals surface area contributed by atoms with Crippen LogP contribution in [-0.2, 0) is 6.54 Å². The summed E-state index contributed by atoms with van der Waals surface area (Å²) in [5.74, 6) is 1.26. The number of amides is 1. The molecule has 0 saturated carbocycles. The Balaban J connectivity index is 1.68. The second kappa shape index (κ2) is 5.50. The minimum atomic E-state index is -0.178. The van der Waals surface area contributed by atoms with Gasteiger partial charge in [0.15, 0.2) is 11.5 Å². The van der Waals surface area contributed by atoms with Crippen LogP contribution in [0, 0.1) is 0 Å². The second-order valence-corrected chi connectivity index (χ2v) is 4.96. The molecule has 102 valence electrons. The van der Waals surface area contributed by atoms with Crippen molar-refractivity contribution in [3.63, 3.8) is 0 Å². The number of nitrogens with one attached hydrogen (secondary N) is 1. The molecule has 2 heterocycles. The fourth-order valence-electron chi connectivity index (χ4n) is 1.88. The van der Waals surface area contributed by atoms with Crippen LogP contribution in [0.3, 0.4) is 0 Å². The van der Waals surface area contributed by atoms with Crippen LogP contribution in [-0.4, -0.2) is 17.7 Å². The normalized spacial score (nSPS) is 12.2. The molecule has 0 radical (unpaired) electrons. The van der Waals surface area contributed by atoms with Crippen molar-refractivity contribution in [3.05, 3.63) is 52.3 Å². The van der Waals surface area contributed by atoms with Gasteiger partial charge < -0.3 is 14.8 Å². The number of pyridine rings is 1. The van der Waals surface area contributed by atoms with Gasteiger partial charge in [-0.15, -0.1) is 0 Å². The fraction of sp³-hybridized carbons (Fsp3) is 0.143. The van der Waals surface area contributed by atoms with Crippen LogP contribution < -0.4 is 14.8 Å². The van der Waals surface area contributed by atoms with Gasteiger partial charge in [-0.2, -0.15) is 0 Å². The Morgan fingerprint density at radius 3 is 3.00 bits per heavy atom. The predicted octanol–water partition coefficient (Wildman–Crippen LogP) is 2.50. The van der Waals surface area contributed by atoms with Crippen LogP contribution in [0.5, 0.6) is 11.5 Å². The van der Waals surface area contributed by atoms with Crippen molar-refractivity contribution < 1.29 is 14.3 Å². The molecule has 0 bridgehead atoms. The van der Waals surface area contributed by atoms with Crippen molar-refractivity contribution in [3.8, 4) is 11.5 Å². The number of carbonyl (C=O) groups excluding carboxylic acids is 1. The number of ether oxygens (including phenoxy) is 2. The van der Waals surface area contributed by atoms with E-state index in [4.69, 9.17) is 9.47 Å². The van der Waals surface area contributed by atoms with Crippen LogP contribution in [0.4, 0.5) is 0 Å². The molecule has 1 aromatic carbocycles. The summed E-state index contributed by atoms with van der Waals surface area (Å²) in [5.41, 5.74) is 1.45. The highest BCUT2D eigenvalue weighted by molar-refractivity contribution is 9.10. The zero-order chi connectivity index (χ0) is 13.9. The molecule has 1 aliphatic rings. The minimum Gasteiger partial charge on any atom is -0.454 e. The summed E-state index contributed by atoms with van der Waals surface area (Å²) in [4.78, 5) is 16.1. The average Bonchev–Trinajstić information content (AvgIpc) is 2.92. The van der Waals surface area contributed by atoms with Crippen LogP contribution in [0.1, 0.15) is 15.9 Å². The van der Waals surface area contributed by atoms with Gasteiger partial charge in [-0.1, -0.05) is 6.07 Å². The van der Waals surface area contributed by atoms with E-state index in [0.29, 0.717) is 22.5 Å². The molecule has 20 heavy (non-hydrogen) atoms. The molecule has 0 aliphatic carbocycles. The van der Waals surface area contributed by atoms with Crippen molar-refractivity contribution in [1.82, 2.24) is 10.3 Å². The Hall–Kier alpha value is -2.08. The van der Waals surface area contributed by atoms with Crippen molar-refractivity contribution in [2.75, 3.05) is 6.79 Å². The van der Waals surface area contributed by atoms with Gasteiger partial charge in [0, 0.05) is 12.7 Å². The molecule has 0 atom stereocenters. The smallest absolute Gasteiger partial charge is 0.254 e. The van der Waals surface area contributed by atoms with Crippen LogP contribution in [0.25, 0.3) is 0 Å². The first-order valence-corrected chi connectivity index (χ1v) is 6.80. The third kappa shape index (κ3) is 2.60. The number of halogens is 1. The summed E-state index contributed by atoms with van der Waals surface area (Å²) in [7, 11) is 0. The molecule has 0 fully saturated rings. The van der Waals surface area contributed by atoms with Crippen molar-refractivity contribution in [2.45, 2.75) is 6.54 Å². The Labute approximate surface area is 124 Å². The summed E-state index contributed by atoms with van der Waals surface area (Å²) >= 11 is 3.26. The van der Waals surface area contributed by atoms with E-state index in [1.165, 1.54) is 0 Å². The third-order valence-electron chi connectivity index (χ3n) is 2.89. The maximum atomic E-state index is 12.0. The molecule has 2 aromatic rings. The number of nitrogens with zero attached hydrogens (tertiary/aromatic N) is 1. The lowest BCUT2D eigenvalue weighted by molar-refractivity contribution is 0.0949. The van der Waals surface area contributed by atoms with Crippen molar-refractivity contribution >= 4 is 21.8 Å². The highest BCUT2D eigenvalue weighted by Crippen LogP contribution is 2.32. The van der Waals surface area contributed by atoms with Gasteiger partial charge in [0.05, 0.1) is 5.56 Å². The number of carbonyl (C=O) groups is 1. The molecule has 5 nitrogen and oxygen atoms in total. The van der Waals surface area contributed by atoms with E-state index in [-0.39, 0.29) is 12.7 Å². The van der Waals surface area contributed by atoms with E-state index in [0.717, 1.165) is 11.3 Å². The predicted molar refractivity (Wildman–Crippen MR) is 75.7 cm³/mol. The first-order chi connectivity index (χ1) is 9.74. The highest BCUT2D eigenvalue weighted by atomic mass is 79.9. The summed E-state index contributed by atoms with van der Waals surface area (Å²) in [6, 6.07) is 9.03. The summed E-state index contributed by atoms with van der Waals surface area (Å²) in [5, 5.41) is 2.84. The van der Waals surface area contributed by atoms with E-state index in [1.807, 2.05) is 18.2 Å². The molecule has 0 spiro atoms. The average molecular weight is 335 g/mol. The van der Waals surface area contributed by atoms with Crippen LogP contribution in [0.15, 0.2) is 41.1 Å². The van der Waals surface area contributed by atoms with Gasteiger partial charge in [0.1, 0.15) is 4.60 Å². The fourth-order valence-corrected chi connectivity index (χ4v) is 2.31. The lowest BCUT2D eigenvalue weighted by atomic mass is 10.2. The van der Waals surface area contributed by atoms with E-state index >= 15 is 0 Å². The topological polar surface area (TPSA) is 60.5 Å². The Bertz CT molecular complexity index is 661. The van der Waals surface area contributed by atoms with Gasteiger partial charge in [-0.25, -0.2) is 4.98 Å². The van der Waals surface area contributed by atoms with Gasteiger partial charge in [0.2, 0.25) is 6.79 Å². The summed E-state index contributed by atoms with van der Waals surface area (Å²) in [6.07, 6.45) is 1.62. The first-order valence-electron chi connectivity index (χ1n) is 6.01. The minimum absolute atomic E-state index is 0.178. The number of benzene rings is 1. The molecule has 6 heteroatoms. The lowest BCUT2D eigenvalue weighted by Crippen LogP contribution is -2.23. The molecule has 3 rings (SSSR count). The zero-order valence-electron chi connectivity index (χ0n) is 10.4. The van der Waals surface area contributed by atoms with Gasteiger partial charge >= 0.3 is 0 Å². The summed E-state index contributed by atoms with van der Waals surface area (Å²) < 4.78 is 11.1. The molecule has 0 saturated heterocycles. The van der Waals surface area contributed by atoms with Crippen LogP contribution >= 0.6 is 15.9 Å². The van der Waals surface area contributed by atoms with E-state index in [2.05, 4.69) is 26.2 Å². The standard InChI is InChI=1S/C14H11BrN2O3/c15-13-10(2-1-5-16-13)14(18)17-7-9-3-4-11-12(6-9)20-8-19-11/h1-6H,7-8H2,(H,17,18). The zero-order valence-corrected chi connectivity index (χ0v) is 12.0. The SMILES string of the molecule is O=C(NCc1ccc2c(c1)OCO2)c1cccnc1Br. The molecule has 1 aliphatic heterocycles. The van der Waals surface area contributed by atoms with E-state index in [9.17, 15) is 4.79 Å². The Morgan fingerprint density at radius 1 is 1.30 bits per heavy atom. The molecule has 1 amide bonds. The second-order valence-electron chi connectivity index (χ2n) is 4.21. The number of hydrogen-bond acceptors (Lipinski definition) is 4. The van der Waals surface area contributed by atoms with Crippen LogP contribution in [0.2, 0.25) is 0 Å². The van der Waals surface area contributed by atoms with Crippen molar-refractivity contribution in [2.24, 2.45) is 0 Å². The maximum Gasteiger partial charge on any atom is 0.254 e. The number of hydrogen-bond donors (Lipinski definition) is 1. The maximum absolute atomic E-state index is 12.0. The molecule has 1 aromatic heterocycles. The largest absolute Gasteiger partial charge is 0.454 e. The van der Waals surface area contributed by atoms with E-state index < -0.39 is 0 Å².